The Hall–Kier alpha value is -2.33. The fourth-order valence-electron chi connectivity index (χ4n) is 2.20. The van der Waals surface area contributed by atoms with Crippen molar-refractivity contribution in [1.82, 2.24) is 4.98 Å². The maximum atomic E-state index is 5.66. The van der Waals surface area contributed by atoms with Crippen molar-refractivity contribution in [3.63, 3.8) is 0 Å². The number of anilines is 1. The molecule has 3 aromatic rings. The van der Waals surface area contributed by atoms with E-state index in [0.717, 1.165) is 11.1 Å². The van der Waals surface area contributed by atoms with E-state index in [1.807, 2.05) is 43.3 Å². The van der Waals surface area contributed by atoms with Gasteiger partial charge in [0.05, 0.1) is 6.61 Å². The van der Waals surface area contributed by atoms with Gasteiger partial charge in [-0.25, -0.2) is 0 Å². The Morgan fingerprint density at radius 2 is 1.81 bits per heavy atom. The van der Waals surface area contributed by atoms with Crippen LogP contribution in [0.5, 0.6) is 0 Å². The van der Waals surface area contributed by atoms with Gasteiger partial charge in [0.1, 0.15) is 5.52 Å². The zero-order valence-corrected chi connectivity index (χ0v) is 12.0. The first-order chi connectivity index (χ1) is 10.4. The molecule has 0 amide bonds. The minimum Gasteiger partial charge on any atom is -0.424 e. The van der Waals surface area contributed by atoms with Crippen LogP contribution in [0.1, 0.15) is 18.1 Å². The number of fused-ring (bicyclic) bond motifs is 1. The molecular formula is C17H18N2O2. The maximum Gasteiger partial charge on any atom is 0.295 e. The molecule has 4 nitrogen and oxygen atoms in total. The molecule has 4 heteroatoms. The minimum atomic E-state index is 0.544. The SMILES string of the molecule is CCOCc1ccccc1CNc1nc2ccccc2o1. The lowest BCUT2D eigenvalue weighted by Gasteiger charge is -2.09. The van der Waals surface area contributed by atoms with Crippen LogP contribution in [0.3, 0.4) is 0 Å². The Morgan fingerprint density at radius 3 is 2.62 bits per heavy atom. The molecule has 0 saturated heterocycles. The Kier molecular flexibility index (Phi) is 4.17. The summed E-state index contributed by atoms with van der Waals surface area (Å²) in [5, 5.41) is 3.23. The molecule has 0 aliphatic heterocycles. The second kappa shape index (κ2) is 6.41. The highest BCUT2D eigenvalue weighted by Crippen LogP contribution is 2.19. The summed E-state index contributed by atoms with van der Waals surface area (Å²) in [5.41, 5.74) is 4.03. The van der Waals surface area contributed by atoms with Gasteiger partial charge < -0.3 is 14.5 Å². The van der Waals surface area contributed by atoms with Gasteiger partial charge in [-0.15, -0.1) is 0 Å². The standard InChI is InChI=1S/C17H18N2O2/c1-2-20-12-14-8-4-3-7-13(14)11-18-17-19-15-9-5-6-10-16(15)21-17/h3-10H,2,11-12H2,1H3,(H,18,19). The average Bonchev–Trinajstić information content (AvgIpc) is 2.94. The van der Waals surface area contributed by atoms with Crippen LogP contribution in [0, 0.1) is 0 Å². The predicted octanol–water partition coefficient (Wildman–Crippen LogP) is 3.98. The van der Waals surface area contributed by atoms with Gasteiger partial charge in [-0.1, -0.05) is 36.4 Å². The van der Waals surface area contributed by atoms with Gasteiger partial charge in [0, 0.05) is 13.2 Å². The predicted molar refractivity (Wildman–Crippen MR) is 83.1 cm³/mol. The molecule has 0 aliphatic carbocycles. The zero-order valence-electron chi connectivity index (χ0n) is 12.0. The molecule has 0 unspecified atom stereocenters. The monoisotopic (exact) mass is 282 g/mol. The lowest BCUT2D eigenvalue weighted by atomic mass is 10.1. The first kappa shape index (κ1) is 13.6. The van der Waals surface area contributed by atoms with E-state index in [0.29, 0.717) is 25.8 Å². The van der Waals surface area contributed by atoms with Gasteiger partial charge in [0.2, 0.25) is 0 Å². The van der Waals surface area contributed by atoms with Crippen molar-refractivity contribution in [2.75, 3.05) is 11.9 Å². The number of nitrogens with zero attached hydrogens (tertiary/aromatic N) is 1. The molecule has 2 aromatic carbocycles. The molecule has 1 heterocycles. The summed E-state index contributed by atoms with van der Waals surface area (Å²) < 4.78 is 11.2. The number of aromatic nitrogens is 1. The van der Waals surface area contributed by atoms with Crippen molar-refractivity contribution in [3.05, 3.63) is 59.7 Å². The van der Waals surface area contributed by atoms with E-state index < -0.39 is 0 Å². The number of rotatable bonds is 6. The van der Waals surface area contributed by atoms with Crippen LogP contribution in [-0.4, -0.2) is 11.6 Å². The molecule has 1 aromatic heterocycles. The number of hydrogen-bond donors (Lipinski definition) is 1. The van der Waals surface area contributed by atoms with Crippen molar-refractivity contribution >= 4 is 17.1 Å². The van der Waals surface area contributed by atoms with E-state index >= 15 is 0 Å². The summed E-state index contributed by atoms with van der Waals surface area (Å²) in [6, 6.07) is 16.5. The molecule has 21 heavy (non-hydrogen) atoms. The van der Waals surface area contributed by atoms with Crippen molar-refractivity contribution in [2.45, 2.75) is 20.1 Å². The third-order valence-electron chi connectivity index (χ3n) is 3.30. The second-order valence-corrected chi connectivity index (χ2v) is 4.75. The number of nitrogens with one attached hydrogen (secondary N) is 1. The Labute approximate surface area is 123 Å². The van der Waals surface area contributed by atoms with E-state index in [-0.39, 0.29) is 0 Å². The maximum absolute atomic E-state index is 5.66. The topological polar surface area (TPSA) is 47.3 Å². The summed E-state index contributed by atoms with van der Waals surface area (Å²) in [6.07, 6.45) is 0. The van der Waals surface area contributed by atoms with E-state index in [1.54, 1.807) is 0 Å². The summed E-state index contributed by atoms with van der Waals surface area (Å²) >= 11 is 0. The number of benzene rings is 2. The van der Waals surface area contributed by atoms with Crippen LogP contribution in [0.25, 0.3) is 11.1 Å². The van der Waals surface area contributed by atoms with Gasteiger partial charge in [0.15, 0.2) is 5.58 Å². The van der Waals surface area contributed by atoms with Gasteiger partial charge >= 0.3 is 0 Å². The molecule has 108 valence electrons. The van der Waals surface area contributed by atoms with Crippen LogP contribution in [0.15, 0.2) is 52.9 Å². The summed E-state index contributed by atoms with van der Waals surface area (Å²) in [4.78, 5) is 4.41. The minimum absolute atomic E-state index is 0.544. The van der Waals surface area contributed by atoms with Crippen LogP contribution in [0.4, 0.5) is 6.01 Å². The van der Waals surface area contributed by atoms with Crippen molar-refractivity contribution < 1.29 is 9.15 Å². The van der Waals surface area contributed by atoms with Crippen LogP contribution in [0.2, 0.25) is 0 Å². The van der Waals surface area contributed by atoms with Crippen molar-refractivity contribution in [1.29, 1.82) is 0 Å². The molecule has 0 spiro atoms. The average molecular weight is 282 g/mol. The molecule has 0 radical (unpaired) electrons. The number of hydrogen-bond acceptors (Lipinski definition) is 4. The molecule has 0 aliphatic rings. The third kappa shape index (κ3) is 3.23. The molecule has 0 saturated carbocycles. The molecule has 3 rings (SSSR count). The van der Waals surface area contributed by atoms with Crippen LogP contribution in [-0.2, 0) is 17.9 Å². The Morgan fingerprint density at radius 1 is 1.05 bits per heavy atom. The van der Waals surface area contributed by atoms with E-state index in [2.05, 4.69) is 22.4 Å². The van der Waals surface area contributed by atoms with Crippen molar-refractivity contribution in [2.24, 2.45) is 0 Å². The summed E-state index contributed by atoms with van der Waals surface area (Å²) in [5.74, 6) is 0. The highest BCUT2D eigenvalue weighted by molar-refractivity contribution is 5.74. The normalized spacial score (nSPS) is 10.9. The molecule has 0 atom stereocenters. The van der Waals surface area contributed by atoms with Crippen LogP contribution >= 0.6 is 0 Å². The van der Waals surface area contributed by atoms with Gasteiger partial charge in [-0.3, -0.25) is 0 Å². The molecule has 0 fully saturated rings. The smallest absolute Gasteiger partial charge is 0.295 e. The van der Waals surface area contributed by atoms with Crippen molar-refractivity contribution in [3.8, 4) is 0 Å². The lowest BCUT2D eigenvalue weighted by Crippen LogP contribution is -2.04. The molecule has 1 N–H and O–H groups in total. The molecular weight excluding hydrogens is 264 g/mol. The van der Waals surface area contributed by atoms with E-state index in [9.17, 15) is 0 Å². The number of ether oxygens (including phenoxy) is 1. The zero-order chi connectivity index (χ0) is 14.5. The van der Waals surface area contributed by atoms with E-state index in [1.165, 1.54) is 11.1 Å². The second-order valence-electron chi connectivity index (χ2n) is 4.75. The first-order valence-corrected chi connectivity index (χ1v) is 7.11. The molecule has 0 bridgehead atoms. The van der Waals surface area contributed by atoms with Gasteiger partial charge in [-0.2, -0.15) is 4.98 Å². The lowest BCUT2D eigenvalue weighted by molar-refractivity contribution is 0.133. The number of para-hydroxylation sites is 2. The van der Waals surface area contributed by atoms with Crippen LogP contribution < -0.4 is 5.32 Å². The highest BCUT2D eigenvalue weighted by Gasteiger charge is 2.06. The summed E-state index contributed by atoms with van der Waals surface area (Å²) in [7, 11) is 0. The summed E-state index contributed by atoms with van der Waals surface area (Å²) in [6.45, 7) is 4.00. The fraction of sp³-hybridized carbons (Fsp3) is 0.235. The Balaban J connectivity index is 1.72. The largest absolute Gasteiger partial charge is 0.424 e. The van der Waals surface area contributed by atoms with Gasteiger partial charge in [-0.05, 0) is 30.2 Å². The first-order valence-electron chi connectivity index (χ1n) is 7.11. The van der Waals surface area contributed by atoms with Gasteiger partial charge in [0.25, 0.3) is 6.01 Å². The third-order valence-corrected chi connectivity index (χ3v) is 3.30. The number of oxazole rings is 1. The quantitative estimate of drug-likeness (QED) is 0.743. The fourth-order valence-corrected chi connectivity index (χ4v) is 2.20. The highest BCUT2D eigenvalue weighted by atomic mass is 16.5. The van der Waals surface area contributed by atoms with E-state index in [4.69, 9.17) is 9.15 Å². The Bertz CT molecular complexity index is 688.